The molecule has 2 N–H and O–H groups in total. The number of hydrogen-bond donors (Lipinski definition) is 1. The van der Waals surface area contributed by atoms with Crippen molar-refractivity contribution < 1.29 is 21.7 Å². The summed E-state index contributed by atoms with van der Waals surface area (Å²) in [6.07, 6.45) is 0. The van der Waals surface area contributed by atoms with Gasteiger partial charge in [0.25, 0.3) is 15.9 Å². The number of primary sulfonamides is 1. The molecule has 2 aromatic heterocycles. The van der Waals surface area contributed by atoms with Crippen LogP contribution in [0.3, 0.4) is 0 Å². The molecule has 0 radical (unpaired) electrons. The summed E-state index contributed by atoms with van der Waals surface area (Å²) in [4.78, 5) is 4.02. The van der Waals surface area contributed by atoms with E-state index < -0.39 is 20.9 Å². The van der Waals surface area contributed by atoms with Gasteiger partial charge in [-0.15, -0.1) is 0 Å². The molecular weight excluding hydrogens is 337 g/mol. The zero-order valence-electron chi connectivity index (χ0n) is 10.7. The molecule has 0 fully saturated rings. The number of rotatable bonds is 3. The molecule has 0 unspecified atom stereocenters. The van der Waals surface area contributed by atoms with Crippen LogP contribution >= 0.6 is 11.6 Å². The Kier molecular flexibility index (Phi) is 3.47. The Morgan fingerprint density at radius 1 is 1.23 bits per heavy atom. The van der Waals surface area contributed by atoms with Crippen molar-refractivity contribution >= 4 is 21.6 Å². The van der Waals surface area contributed by atoms with Crippen LogP contribution in [0.4, 0.5) is 4.39 Å². The van der Waals surface area contributed by atoms with Gasteiger partial charge in [-0.25, -0.2) is 17.9 Å². The lowest BCUT2D eigenvalue weighted by molar-refractivity contribution is 0.399. The predicted octanol–water partition coefficient (Wildman–Crippen LogP) is 2.44. The third kappa shape index (κ3) is 2.73. The minimum Gasteiger partial charge on any atom is -0.438 e. The summed E-state index contributed by atoms with van der Waals surface area (Å²) in [6, 6.07) is 6.19. The molecule has 114 valence electrons. The fourth-order valence-electron chi connectivity index (χ4n) is 1.69. The molecule has 3 aromatic rings. The monoisotopic (exact) mass is 343 g/mol. The zero-order chi connectivity index (χ0) is 15.9. The van der Waals surface area contributed by atoms with Gasteiger partial charge >= 0.3 is 0 Å². The van der Waals surface area contributed by atoms with Gasteiger partial charge in [0.2, 0.25) is 10.9 Å². The van der Waals surface area contributed by atoms with Crippen LogP contribution in [0.1, 0.15) is 0 Å². The normalized spacial score (nSPS) is 11.8. The van der Waals surface area contributed by atoms with Crippen molar-refractivity contribution in [3.8, 4) is 23.0 Å². The highest BCUT2D eigenvalue weighted by Crippen LogP contribution is 2.29. The van der Waals surface area contributed by atoms with Gasteiger partial charge in [0.05, 0.1) is 5.02 Å². The maximum Gasteiger partial charge on any atom is 0.294 e. The van der Waals surface area contributed by atoms with Gasteiger partial charge < -0.3 is 8.94 Å². The Morgan fingerprint density at radius 2 is 2.00 bits per heavy atom. The molecule has 0 bridgehead atoms. The minimum atomic E-state index is -3.97. The molecule has 22 heavy (non-hydrogen) atoms. The topological polar surface area (TPSA) is 112 Å². The molecule has 3 rings (SSSR count). The highest BCUT2D eigenvalue weighted by Gasteiger charge is 2.19. The van der Waals surface area contributed by atoms with Gasteiger partial charge in [0, 0.05) is 5.56 Å². The van der Waals surface area contributed by atoms with Gasteiger partial charge in [-0.2, -0.15) is 4.98 Å². The van der Waals surface area contributed by atoms with Gasteiger partial charge in [-0.05, 0) is 30.3 Å². The number of sulfonamides is 1. The van der Waals surface area contributed by atoms with Crippen LogP contribution < -0.4 is 5.14 Å². The van der Waals surface area contributed by atoms with E-state index in [1.807, 2.05) is 0 Å². The van der Waals surface area contributed by atoms with Crippen LogP contribution in [-0.4, -0.2) is 18.6 Å². The maximum atomic E-state index is 13.0. The highest BCUT2D eigenvalue weighted by molar-refractivity contribution is 7.89. The molecule has 10 heteroatoms. The Balaban J connectivity index is 1.99. The van der Waals surface area contributed by atoms with Crippen LogP contribution in [0.15, 0.2) is 44.4 Å². The van der Waals surface area contributed by atoms with Crippen LogP contribution in [0.25, 0.3) is 23.0 Å². The average Bonchev–Trinajstić information content (AvgIpc) is 3.06. The van der Waals surface area contributed by atoms with Crippen LogP contribution in [-0.2, 0) is 10.0 Å². The summed E-state index contributed by atoms with van der Waals surface area (Å²) in [5.41, 5.74) is 0.358. The van der Waals surface area contributed by atoms with Crippen LogP contribution in [0.5, 0.6) is 0 Å². The Labute approximate surface area is 128 Å². The summed E-state index contributed by atoms with van der Waals surface area (Å²) in [5, 5.41) is 8.31. The standard InChI is InChI=1S/C12H7ClFN3O4S/c13-8-5-6(14)1-2-7(8)11-16-12(21-17-11)9-3-4-10(20-9)22(15,18)19/h1-5H,(H2,15,18,19). The largest absolute Gasteiger partial charge is 0.438 e. The molecule has 0 amide bonds. The van der Waals surface area contributed by atoms with Crippen molar-refractivity contribution in [3.63, 3.8) is 0 Å². The van der Waals surface area contributed by atoms with Gasteiger partial charge in [-0.1, -0.05) is 16.8 Å². The van der Waals surface area contributed by atoms with E-state index in [1.54, 1.807) is 0 Å². The maximum absolute atomic E-state index is 13.0. The van der Waals surface area contributed by atoms with E-state index >= 15 is 0 Å². The molecule has 0 atom stereocenters. The van der Waals surface area contributed by atoms with E-state index in [4.69, 9.17) is 25.7 Å². The van der Waals surface area contributed by atoms with Crippen molar-refractivity contribution in [3.05, 3.63) is 41.2 Å². The van der Waals surface area contributed by atoms with Crippen molar-refractivity contribution in [1.82, 2.24) is 10.1 Å². The number of nitrogens with zero attached hydrogens (tertiary/aromatic N) is 2. The van der Waals surface area contributed by atoms with E-state index in [9.17, 15) is 12.8 Å². The van der Waals surface area contributed by atoms with E-state index in [2.05, 4.69) is 10.1 Å². The molecule has 0 saturated heterocycles. The fraction of sp³-hybridized carbons (Fsp3) is 0. The number of aromatic nitrogens is 2. The molecule has 0 aliphatic heterocycles. The first-order valence-corrected chi connectivity index (χ1v) is 7.69. The van der Waals surface area contributed by atoms with Crippen molar-refractivity contribution in [2.24, 2.45) is 5.14 Å². The van der Waals surface area contributed by atoms with Gasteiger partial charge in [0.1, 0.15) is 5.82 Å². The summed E-state index contributed by atoms with van der Waals surface area (Å²) in [6.45, 7) is 0. The first-order valence-electron chi connectivity index (χ1n) is 5.77. The molecular formula is C12H7ClFN3O4S. The van der Waals surface area contributed by atoms with E-state index in [0.717, 1.165) is 6.07 Å². The van der Waals surface area contributed by atoms with Gasteiger partial charge in [-0.3, -0.25) is 0 Å². The second kappa shape index (κ2) is 5.20. The van der Waals surface area contributed by atoms with E-state index in [0.29, 0.717) is 5.56 Å². The third-order valence-electron chi connectivity index (χ3n) is 2.67. The third-order valence-corrected chi connectivity index (χ3v) is 3.76. The minimum absolute atomic E-state index is 0.0287. The second-order valence-electron chi connectivity index (χ2n) is 4.21. The van der Waals surface area contributed by atoms with Crippen molar-refractivity contribution in [2.75, 3.05) is 0 Å². The van der Waals surface area contributed by atoms with E-state index in [1.165, 1.54) is 24.3 Å². The molecule has 2 heterocycles. The summed E-state index contributed by atoms with van der Waals surface area (Å²) in [7, 11) is -3.97. The Hall–Kier alpha value is -2.23. The van der Waals surface area contributed by atoms with Crippen LogP contribution in [0, 0.1) is 5.82 Å². The molecule has 1 aromatic carbocycles. The molecule has 0 spiro atoms. The number of furan rings is 1. The first-order chi connectivity index (χ1) is 10.3. The summed E-state index contributed by atoms with van der Waals surface area (Å²) >= 11 is 5.90. The van der Waals surface area contributed by atoms with Crippen molar-refractivity contribution in [2.45, 2.75) is 5.09 Å². The lowest BCUT2D eigenvalue weighted by atomic mass is 10.2. The summed E-state index contributed by atoms with van der Waals surface area (Å²) < 4.78 is 45.3. The first kappa shape index (κ1) is 14.7. The summed E-state index contributed by atoms with van der Waals surface area (Å²) in [5.74, 6) is -0.429. The van der Waals surface area contributed by atoms with Crippen molar-refractivity contribution in [1.29, 1.82) is 0 Å². The molecule has 7 nitrogen and oxygen atoms in total. The zero-order valence-corrected chi connectivity index (χ0v) is 12.2. The average molecular weight is 344 g/mol. The second-order valence-corrected chi connectivity index (χ2v) is 6.11. The van der Waals surface area contributed by atoms with Gasteiger partial charge in [0.15, 0.2) is 5.76 Å². The van der Waals surface area contributed by atoms with E-state index in [-0.39, 0.29) is 22.5 Å². The number of halogens is 2. The number of nitrogens with two attached hydrogens (primary N) is 1. The Bertz CT molecular complexity index is 951. The quantitative estimate of drug-likeness (QED) is 0.781. The molecule has 0 aliphatic rings. The lowest BCUT2D eigenvalue weighted by Gasteiger charge is -1.97. The lowest BCUT2D eigenvalue weighted by Crippen LogP contribution is -2.10. The van der Waals surface area contributed by atoms with Crippen LogP contribution in [0.2, 0.25) is 5.02 Å². The molecule has 0 saturated carbocycles. The number of hydrogen-bond acceptors (Lipinski definition) is 6. The predicted molar refractivity (Wildman–Crippen MR) is 73.8 cm³/mol. The smallest absolute Gasteiger partial charge is 0.294 e. The number of benzene rings is 1. The fourth-order valence-corrected chi connectivity index (χ4v) is 2.41. The Morgan fingerprint density at radius 3 is 2.64 bits per heavy atom. The molecule has 0 aliphatic carbocycles. The SMILES string of the molecule is NS(=O)(=O)c1ccc(-c2nc(-c3ccc(F)cc3Cl)no2)o1. The highest BCUT2D eigenvalue weighted by atomic mass is 35.5.